The van der Waals surface area contributed by atoms with Crippen LogP contribution >= 0.6 is 47.2 Å². The van der Waals surface area contributed by atoms with Gasteiger partial charge in [-0.3, -0.25) is 9.69 Å². The molecule has 3 aromatic carbocycles. The quantitative estimate of drug-likeness (QED) is 0.186. The lowest BCUT2D eigenvalue weighted by Gasteiger charge is -2.15. The van der Waals surface area contributed by atoms with E-state index in [1.54, 1.807) is 34.9 Å². The van der Waals surface area contributed by atoms with Gasteiger partial charge in [0, 0.05) is 22.3 Å². The van der Waals surface area contributed by atoms with Crippen LogP contribution in [0.15, 0.2) is 83.9 Å². The van der Waals surface area contributed by atoms with E-state index in [-0.39, 0.29) is 5.91 Å². The van der Waals surface area contributed by atoms with Gasteiger partial charge < -0.3 is 4.74 Å². The molecule has 1 aromatic heterocycles. The second kappa shape index (κ2) is 10.5. The molecular weight excluding hydrogens is 533 g/mol. The Hall–Kier alpha value is -3.10. The summed E-state index contributed by atoms with van der Waals surface area (Å²) in [4.78, 5) is 15.4. The van der Waals surface area contributed by atoms with Crippen LogP contribution in [-0.2, 0) is 11.3 Å². The zero-order valence-electron chi connectivity index (χ0n) is 19.0. The second-order valence-corrected chi connectivity index (χ2v) is 10.4. The number of carbonyl (C=O) groups excluding carboxylic acids is 1. The van der Waals surface area contributed by atoms with Gasteiger partial charge in [-0.05, 0) is 48.0 Å². The minimum absolute atomic E-state index is 0.170. The topological polar surface area (TPSA) is 47.4 Å². The number of nitrogens with zero attached hydrogens (tertiary/aromatic N) is 3. The summed E-state index contributed by atoms with van der Waals surface area (Å²) in [5, 5.41) is 5.89. The molecule has 4 aromatic rings. The highest BCUT2D eigenvalue weighted by atomic mass is 35.5. The van der Waals surface area contributed by atoms with Crippen molar-refractivity contribution in [3.05, 3.63) is 105 Å². The molecule has 1 aliphatic rings. The van der Waals surface area contributed by atoms with E-state index in [1.807, 2.05) is 66.9 Å². The van der Waals surface area contributed by atoms with Crippen molar-refractivity contribution in [2.75, 3.05) is 7.11 Å². The van der Waals surface area contributed by atoms with Crippen molar-refractivity contribution in [1.29, 1.82) is 0 Å². The summed E-state index contributed by atoms with van der Waals surface area (Å²) in [6.07, 6.45) is 3.72. The van der Waals surface area contributed by atoms with Crippen molar-refractivity contribution in [2.45, 2.75) is 6.54 Å². The van der Waals surface area contributed by atoms with Crippen LogP contribution in [0, 0.1) is 0 Å². The summed E-state index contributed by atoms with van der Waals surface area (Å²) in [6, 6.07) is 22.7. The lowest BCUT2D eigenvalue weighted by Crippen LogP contribution is -2.27. The van der Waals surface area contributed by atoms with E-state index in [0.717, 1.165) is 22.4 Å². The molecular formula is C27H19Cl2N3O2S2. The third-order valence-corrected chi connectivity index (χ3v) is 7.68. The van der Waals surface area contributed by atoms with Crippen molar-refractivity contribution in [3.8, 4) is 22.7 Å². The van der Waals surface area contributed by atoms with Gasteiger partial charge in [-0.2, -0.15) is 5.10 Å². The number of hydrogen-bond donors (Lipinski definition) is 0. The average Bonchev–Trinajstić information content (AvgIpc) is 3.42. The number of para-hydroxylation sites is 1. The number of methoxy groups -OCH3 is 1. The predicted molar refractivity (Wildman–Crippen MR) is 151 cm³/mol. The molecule has 0 N–H and O–H groups in total. The third-order valence-electron chi connectivity index (χ3n) is 5.63. The molecule has 1 amide bonds. The van der Waals surface area contributed by atoms with Crippen LogP contribution < -0.4 is 4.74 Å². The number of hydrogen-bond acceptors (Lipinski definition) is 5. The lowest BCUT2D eigenvalue weighted by molar-refractivity contribution is -0.122. The van der Waals surface area contributed by atoms with Gasteiger partial charge in [0.2, 0.25) is 0 Å². The van der Waals surface area contributed by atoms with Gasteiger partial charge in [-0.1, -0.05) is 83.6 Å². The maximum Gasteiger partial charge on any atom is 0.266 e. The van der Waals surface area contributed by atoms with Gasteiger partial charge in [-0.25, -0.2) is 4.68 Å². The molecule has 0 bridgehead atoms. The number of amides is 1. The number of carbonyl (C=O) groups is 1. The lowest BCUT2D eigenvalue weighted by atomic mass is 10.1. The summed E-state index contributed by atoms with van der Waals surface area (Å²) in [5.74, 6) is 0.404. The molecule has 5 nitrogen and oxygen atoms in total. The number of ether oxygens (including phenoxy) is 1. The first kappa shape index (κ1) is 24.6. The first-order valence-corrected chi connectivity index (χ1v) is 12.9. The Balaban J connectivity index is 1.54. The molecule has 1 saturated heterocycles. The molecule has 0 atom stereocenters. The van der Waals surface area contributed by atoms with Gasteiger partial charge in [0.25, 0.3) is 5.91 Å². The Morgan fingerprint density at radius 1 is 1.03 bits per heavy atom. The molecule has 0 saturated carbocycles. The SMILES string of the molecule is COc1ccc(-c2nn(-c3ccccc3)cc2/C=C2\SC(=S)N(Cc3ccccc3Cl)C2=O)cc1Cl. The largest absolute Gasteiger partial charge is 0.495 e. The van der Waals surface area contributed by atoms with E-state index in [0.29, 0.717) is 37.3 Å². The van der Waals surface area contributed by atoms with Gasteiger partial charge in [0.15, 0.2) is 0 Å². The molecule has 1 fully saturated rings. The standard InChI is InChI=1S/C27H19Cl2N3O2S2/c1-34-23-12-11-17(13-22(23)29)25-19(16-32(30-25)20-8-3-2-4-9-20)14-24-26(33)31(27(35)36-24)15-18-7-5-6-10-21(18)28/h2-14,16H,15H2,1H3/b24-14-. The first-order chi connectivity index (χ1) is 17.4. The van der Waals surface area contributed by atoms with Crippen molar-refractivity contribution in [2.24, 2.45) is 0 Å². The van der Waals surface area contributed by atoms with Crippen LogP contribution in [0.5, 0.6) is 5.75 Å². The van der Waals surface area contributed by atoms with Gasteiger partial charge in [-0.15, -0.1) is 0 Å². The normalized spacial score (nSPS) is 14.6. The first-order valence-electron chi connectivity index (χ1n) is 10.9. The Morgan fingerprint density at radius 3 is 2.50 bits per heavy atom. The van der Waals surface area contributed by atoms with Crippen molar-refractivity contribution in [1.82, 2.24) is 14.7 Å². The van der Waals surface area contributed by atoms with Crippen LogP contribution in [-0.4, -0.2) is 32.0 Å². The van der Waals surface area contributed by atoms with E-state index in [1.165, 1.54) is 11.8 Å². The highest BCUT2D eigenvalue weighted by molar-refractivity contribution is 8.26. The van der Waals surface area contributed by atoms with Crippen LogP contribution in [0.25, 0.3) is 23.0 Å². The maximum atomic E-state index is 13.3. The van der Waals surface area contributed by atoms with Crippen LogP contribution in [0.2, 0.25) is 10.0 Å². The van der Waals surface area contributed by atoms with E-state index in [4.69, 9.17) is 45.3 Å². The van der Waals surface area contributed by atoms with E-state index in [2.05, 4.69) is 0 Å². The molecule has 0 aliphatic carbocycles. The fraction of sp³-hybridized carbons (Fsp3) is 0.0741. The van der Waals surface area contributed by atoms with E-state index >= 15 is 0 Å². The zero-order chi connectivity index (χ0) is 25.2. The smallest absolute Gasteiger partial charge is 0.266 e. The number of thiocarbonyl (C=S) groups is 1. The van der Waals surface area contributed by atoms with Gasteiger partial charge >= 0.3 is 0 Å². The molecule has 0 unspecified atom stereocenters. The Morgan fingerprint density at radius 2 is 1.78 bits per heavy atom. The predicted octanol–water partition coefficient (Wildman–Crippen LogP) is 7.26. The van der Waals surface area contributed by atoms with Crippen molar-refractivity contribution < 1.29 is 9.53 Å². The van der Waals surface area contributed by atoms with E-state index < -0.39 is 0 Å². The number of halogens is 2. The number of benzene rings is 3. The molecule has 1 aliphatic heterocycles. The van der Waals surface area contributed by atoms with Crippen LogP contribution in [0.4, 0.5) is 0 Å². The van der Waals surface area contributed by atoms with Gasteiger partial charge in [0.05, 0.1) is 29.3 Å². The fourth-order valence-corrected chi connectivity index (χ4v) is 5.52. The Kier molecular flexibility index (Phi) is 7.16. The third kappa shape index (κ3) is 4.92. The summed E-state index contributed by atoms with van der Waals surface area (Å²) >= 11 is 19.5. The summed E-state index contributed by atoms with van der Waals surface area (Å²) in [6.45, 7) is 0.311. The molecule has 2 heterocycles. The Bertz CT molecular complexity index is 1500. The Labute approximate surface area is 228 Å². The summed E-state index contributed by atoms with van der Waals surface area (Å²) < 4.78 is 7.56. The molecule has 9 heteroatoms. The number of rotatable bonds is 6. The molecule has 0 spiro atoms. The second-order valence-electron chi connectivity index (χ2n) is 7.92. The summed E-state index contributed by atoms with van der Waals surface area (Å²) in [7, 11) is 1.57. The zero-order valence-corrected chi connectivity index (χ0v) is 22.2. The number of aromatic nitrogens is 2. The monoisotopic (exact) mass is 551 g/mol. The highest BCUT2D eigenvalue weighted by Gasteiger charge is 2.33. The summed E-state index contributed by atoms with van der Waals surface area (Å²) in [5.41, 5.74) is 3.97. The molecule has 36 heavy (non-hydrogen) atoms. The van der Waals surface area contributed by atoms with Crippen molar-refractivity contribution in [3.63, 3.8) is 0 Å². The maximum absolute atomic E-state index is 13.3. The average molecular weight is 553 g/mol. The van der Waals surface area contributed by atoms with Crippen LogP contribution in [0.1, 0.15) is 11.1 Å². The molecule has 180 valence electrons. The fourth-order valence-electron chi connectivity index (χ4n) is 3.82. The molecule has 0 radical (unpaired) electrons. The van der Waals surface area contributed by atoms with Crippen molar-refractivity contribution >= 4 is 63.5 Å². The minimum atomic E-state index is -0.170. The minimum Gasteiger partial charge on any atom is -0.495 e. The highest BCUT2D eigenvalue weighted by Crippen LogP contribution is 2.37. The molecule has 5 rings (SSSR count). The van der Waals surface area contributed by atoms with Gasteiger partial charge in [0.1, 0.15) is 15.8 Å². The van der Waals surface area contributed by atoms with Crippen LogP contribution in [0.3, 0.4) is 0 Å². The number of thioether (sulfide) groups is 1. The van der Waals surface area contributed by atoms with E-state index in [9.17, 15) is 4.79 Å².